The Balaban J connectivity index is 1.95. The van der Waals surface area contributed by atoms with Crippen LogP contribution in [0.4, 0.5) is 13.2 Å². The van der Waals surface area contributed by atoms with Gasteiger partial charge in [-0.2, -0.15) is 13.2 Å². The van der Waals surface area contributed by atoms with Crippen molar-refractivity contribution in [1.82, 2.24) is 10.2 Å². The van der Waals surface area contributed by atoms with Crippen LogP contribution in [-0.2, 0) is 22.3 Å². The summed E-state index contributed by atoms with van der Waals surface area (Å²) in [5, 5.41) is 3.23. The predicted octanol–water partition coefficient (Wildman–Crippen LogP) is 4.28. The van der Waals surface area contributed by atoms with E-state index in [0.717, 1.165) is 17.7 Å². The minimum atomic E-state index is -4.41. The summed E-state index contributed by atoms with van der Waals surface area (Å²) in [5.41, 5.74) is 1.67. The van der Waals surface area contributed by atoms with E-state index in [0.29, 0.717) is 22.8 Å². The van der Waals surface area contributed by atoms with Gasteiger partial charge < -0.3 is 15.0 Å². The second kappa shape index (κ2) is 8.61. The van der Waals surface area contributed by atoms with Crippen molar-refractivity contribution < 1.29 is 22.7 Å². The number of alkyl halides is 3. The molecule has 0 aromatic heterocycles. The summed E-state index contributed by atoms with van der Waals surface area (Å²) in [6.45, 7) is 1.84. The number of ether oxygens (including phenoxy) is 1. The maximum absolute atomic E-state index is 13.0. The SMILES string of the molecule is COC(=O)C1=C(C)N(C)C(=NCc2cccc(C(F)(F)F)c2)NC1c1ccccc1. The second-order valence-corrected chi connectivity index (χ2v) is 6.88. The van der Waals surface area contributed by atoms with Gasteiger partial charge in [0.2, 0.25) is 0 Å². The molecule has 0 saturated heterocycles. The van der Waals surface area contributed by atoms with Crippen LogP contribution in [0.1, 0.15) is 29.7 Å². The van der Waals surface area contributed by atoms with Crippen LogP contribution < -0.4 is 5.32 Å². The molecule has 0 saturated carbocycles. The zero-order valence-corrected chi connectivity index (χ0v) is 16.8. The van der Waals surface area contributed by atoms with Crippen LogP contribution in [-0.4, -0.2) is 31.0 Å². The summed E-state index contributed by atoms with van der Waals surface area (Å²) in [6, 6.07) is 13.9. The first-order chi connectivity index (χ1) is 14.2. The molecule has 1 unspecified atom stereocenters. The highest BCUT2D eigenvalue weighted by atomic mass is 19.4. The fraction of sp³-hybridized carbons (Fsp3) is 0.273. The summed E-state index contributed by atoms with van der Waals surface area (Å²) >= 11 is 0. The van der Waals surface area contributed by atoms with Gasteiger partial charge in [0.1, 0.15) is 0 Å². The molecular weight excluding hydrogens is 395 g/mol. The van der Waals surface area contributed by atoms with Gasteiger partial charge in [0, 0.05) is 12.7 Å². The van der Waals surface area contributed by atoms with Gasteiger partial charge in [-0.3, -0.25) is 0 Å². The molecule has 30 heavy (non-hydrogen) atoms. The first kappa shape index (κ1) is 21.4. The number of carbonyl (C=O) groups excluding carboxylic acids is 1. The number of guanidine groups is 1. The Labute approximate surface area is 172 Å². The highest BCUT2D eigenvalue weighted by Crippen LogP contribution is 2.31. The van der Waals surface area contributed by atoms with E-state index in [4.69, 9.17) is 4.74 Å². The van der Waals surface area contributed by atoms with Gasteiger partial charge in [-0.15, -0.1) is 0 Å². The first-order valence-corrected chi connectivity index (χ1v) is 9.27. The number of carbonyl (C=O) groups is 1. The number of allylic oxidation sites excluding steroid dienone is 1. The lowest BCUT2D eigenvalue weighted by molar-refractivity contribution is -0.138. The third-order valence-corrected chi connectivity index (χ3v) is 4.98. The number of rotatable bonds is 4. The third-order valence-electron chi connectivity index (χ3n) is 4.98. The predicted molar refractivity (Wildman–Crippen MR) is 107 cm³/mol. The number of hydrogen-bond donors (Lipinski definition) is 1. The molecule has 0 aliphatic carbocycles. The molecule has 158 valence electrons. The van der Waals surface area contributed by atoms with E-state index >= 15 is 0 Å². The average Bonchev–Trinajstić information content (AvgIpc) is 2.74. The molecule has 5 nitrogen and oxygen atoms in total. The Kier molecular flexibility index (Phi) is 6.14. The van der Waals surface area contributed by atoms with Crippen LogP contribution in [0.3, 0.4) is 0 Å². The van der Waals surface area contributed by atoms with Crippen LogP contribution in [0.15, 0.2) is 70.9 Å². The first-order valence-electron chi connectivity index (χ1n) is 9.27. The number of nitrogens with zero attached hydrogens (tertiary/aromatic N) is 2. The van der Waals surface area contributed by atoms with Gasteiger partial charge in [0.05, 0.1) is 30.8 Å². The zero-order chi connectivity index (χ0) is 21.9. The maximum Gasteiger partial charge on any atom is 0.416 e. The Morgan fingerprint density at radius 1 is 1.17 bits per heavy atom. The van der Waals surface area contributed by atoms with Gasteiger partial charge in [-0.25, -0.2) is 9.79 Å². The van der Waals surface area contributed by atoms with Gasteiger partial charge in [0.15, 0.2) is 5.96 Å². The molecule has 3 rings (SSSR count). The van der Waals surface area contributed by atoms with Crippen LogP contribution in [0.2, 0.25) is 0 Å². The summed E-state index contributed by atoms with van der Waals surface area (Å²) < 4.78 is 43.8. The van der Waals surface area contributed by atoms with E-state index in [2.05, 4.69) is 10.3 Å². The summed E-state index contributed by atoms with van der Waals surface area (Å²) in [6.07, 6.45) is -4.41. The van der Waals surface area contributed by atoms with Crippen LogP contribution in [0, 0.1) is 0 Å². The van der Waals surface area contributed by atoms with E-state index < -0.39 is 23.8 Å². The fourth-order valence-corrected chi connectivity index (χ4v) is 3.28. The number of benzene rings is 2. The monoisotopic (exact) mass is 417 g/mol. The standard InChI is InChI=1S/C22H22F3N3O2/c1-14-18(20(29)30-3)19(16-9-5-4-6-10-16)27-21(28(14)2)26-13-15-8-7-11-17(12-15)22(23,24)25/h4-12,19H,13H2,1-3H3,(H,26,27). The number of aliphatic imine (C=N–C) groups is 1. The van der Waals surface area contributed by atoms with Crippen molar-refractivity contribution in [2.75, 3.05) is 14.2 Å². The number of hydrogen-bond acceptors (Lipinski definition) is 3. The normalized spacial score (nSPS) is 18.4. The van der Waals surface area contributed by atoms with Gasteiger partial charge >= 0.3 is 12.1 Å². The fourth-order valence-electron chi connectivity index (χ4n) is 3.28. The molecule has 2 aromatic carbocycles. The lowest BCUT2D eigenvalue weighted by Gasteiger charge is -2.35. The minimum Gasteiger partial charge on any atom is -0.466 e. The third kappa shape index (κ3) is 4.48. The Hall–Kier alpha value is -3.29. The lowest BCUT2D eigenvalue weighted by atomic mass is 9.95. The van der Waals surface area contributed by atoms with Crippen molar-refractivity contribution in [3.8, 4) is 0 Å². The summed E-state index contributed by atoms with van der Waals surface area (Å²) in [4.78, 5) is 18.6. The zero-order valence-electron chi connectivity index (χ0n) is 16.8. The molecule has 1 N–H and O–H groups in total. The number of halogens is 3. The van der Waals surface area contributed by atoms with Crippen LogP contribution in [0.25, 0.3) is 0 Å². The Bertz CT molecular complexity index is 985. The average molecular weight is 417 g/mol. The Morgan fingerprint density at radius 2 is 1.87 bits per heavy atom. The molecule has 0 radical (unpaired) electrons. The topological polar surface area (TPSA) is 53.9 Å². The lowest BCUT2D eigenvalue weighted by Crippen LogP contribution is -2.47. The quantitative estimate of drug-likeness (QED) is 0.755. The van der Waals surface area contributed by atoms with Crippen molar-refractivity contribution in [2.24, 2.45) is 4.99 Å². The van der Waals surface area contributed by atoms with Crippen molar-refractivity contribution in [3.05, 3.63) is 82.6 Å². The van der Waals surface area contributed by atoms with E-state index in [1.807, 2.05) is 30.3 Å². The molecule has 8 heteroatoms. The smallest absolute Gasteiger partial charge is 0.416 e. The number of esters is 1. The summed E-state index contributed by atoms with van der Waals surface area (Å²) in [5.74, 6) is -0.0101. The minimum absolute atomic E-state index is 0.0545. The highest BCUT2D eigenvalue weighted by Gasteiger charge is 2.34. The van der Waals surface area contributed by atoms with E-state index in [9.17, 15) is 18.0 Å². The molecule has 1 aliphatic rings. The van der Waals surface area contributed by atoms with Crippen molar-refractivity contribution >= 4 is 11.9 Å². The molecule has 1 heterocycles. The highest BCUT2D eigenvalue weighted by molar-refractivity contribution is 5.96. The molecular formula is C22H22F3N3O2. The van der Waals surface area contributed by atoms with Crippen molar-refractivity contribution in [2.45, 2.75) is 25.7 Å². The van der Waals surface area contributed by atoms with Crippen molar-refractivity contribution in [1.29, 1.82) is 0 Å². The molecule has 2 aromatic rings. The summed E-state index contributed by atoms with van der Waals surface area (Å²) in [7, 11) is 3.05. The second-order valence-electron chi connectivity index (χ2n) is 6.88. The van der Waals surface area contributed by atoms with Crippen molar-refractivity contribution in [3.63, 3.8) is 0 Å². The Morgan fingerprint density at radius 3 is 2.50 bits per heavy atom. The molecule has 0 spiro atoms. The molecule has 1 atom stereocenters. The van der Waals surface area contributed by atoms with Gasteiger partial charge in [0.25, 0.3) is 0 Å². The van der Waals surface area contributed by atoms with Gasteiger partial charge in [-0.1, -0.05) is 42.5 Å². The van der Waals surface area contributed by atoms with E-state index in [1.54, 1.807) is 24.9 Å². The van der Waals surface area contributed by atoms with E-state index in [1.165, 1.54) is 13.2 Å². The molecule has 0 fully saturated rings. The van der Waals surface area contributed by atoms with E-state index in [-0.39, 0.29) is 6.54 Å². The van der Waals surface area contributed by atoms with Crippen LogP contribution in [0.5, 0.6) is 0 Å². The largest absolute Gasteiger partial charge is 0.466 e. The number of methoxy groups -OCH3 is 1. The molecule has 1 aliphatic heterocycles. The van der Waals surface area contributed by atoms with Gasteiger partial charge in [-0.05, 0) is 30.2 Å². The molecule has 0 bridgehead atoms. The molecule has 0 amide bonds. The number of nitrogens with one attached hydrogen (secondary N) is 1. The maximum atomic E-state index is 13.0. The van der Waals surface area contributed by atoms with Crippen LogP contribution >= 0.6 is 0 Å².